The molecule has 3 rings (SSSR count). The topological polar surface area (TPSA) is 78.5 Å². The highest BCUT2D eigenvalue weighted by molar-refractivity contribution is 7.89. The normalized spacial score (nSPS) is 14.8. The predicted octanol–water partition coefficient (Wildman–Crippen LogP) is 2.60. The molecule has 6 nitrogen and oxygen atoms in total. The van der Waals surface area contributed by atoms with Crippen LogP contribution in [-0.2, 0) is 10.0 Å². The summed E-state index contributed by atoms with van der Waals surface area (Å²) in [6.07, 6.45) is 1.79. The second kappa shape index (κ2) is 7.94. The largest absolute Gasteiger partial charge is 0.332 e. The molecule has 0 radical (unpaired) electrons. The Kier molecular flexibility index (Phi) is 5.65. The van der Waals surface area contributed by atoms with Gasteiger partial charge in [0.1, 0.15) is 0 Å². The lowest BCUT2D eigenvalue weighted by Gasteiger charge is -2.16. The molecule has 1 aliphatic heterocycles. The van der Waals surface area contributed by atoms with Crippen molar-refractivity contribution in [1.29, 1.82) is 0 Å². The average molecular weight is 390 g/mol. The van der Waals surface area contributed by atoms with Crippen LogP contribution in [0.1, 0.15) is 23.2 Å². The molecule has 2 aromatic rings. The van der Waals surface area contributed by atoms with Crippen molar-refractivity contribution in [3.63, 3.8) is 0 Å². The fourth-order valence-corrected chi connectivity index (χ4v) is 4.44. The zero-order valence-electron chi connectivity index (χ0n) is 14.0. The van der Waals surface area contributed by atoms with Gasteiger partial charge < -0.3 is 5.32 Å². The van der Waals surface area contributed by atoms with Gasteiger partial charge in [-0.3, -0.25) is 10.1 Å². The summed E-state index contributed by atoms with van der Waals surface area (Å²) in [5.74, 6) is -0.309. The Balaban J connectivity index is 1.62. The van der Waals surface area contributed by atoms with Gasteiger partial charge in [0.2, 0.25) is 10.0 Å². The number of thiocarbonyl (C=S) groups is 1. The second-order valence-electron chi connectivity index (χ2n) is 5.91. The number of nitrogens with zero attached hydrogens (tertiary/aromatic N) is 1. The van der Waals surface area contributed by atoms with Crippen LogP contribution in [0.25, 0.3) is 0 Å². The van der Waals surface area contributed by atoms with Gasteiger partial charge in [-0.05, 0) is 61.5 Å². The van der Waals surface area contributed by atoms with Crippen molar-refractivity contribution in [1.82, 2.24) is 9.62 Å². The quantitative estimate of drug-likeness (QED) is 0.786. The van der Waals surface area contributed by atoms with Crippen molar-refractivity contribution in [2.45, 2.75) is 17.7 Å². The summed E-state index contributed by atoms with van der Waals surface area (Å²) in [7, 11) is -3.44. The number of benzene rings is 2. The van der Waals surface area contributed by atoms with Gasteiger partial charge in [0.15, 0.2) is 5.11 Å². The fraction of sp³-hybridized carbons (Fsp3) is 0.222. The number of nitrogens with one attached hydrogen (secondary N) is 2. The molecular weight excluding hydrogens is 370 g/mol. The number of hydrogen-bond donors (Lipinski definition) is 2. The van der Waals surface area contributed by atoms with Crippen molar-refractivity contribution in [3.8, 4) is 0 Å². The molecule has 26 heavy (non-hydrogen) atoms. The molecule has 0 bridgehead atoms. The first-order valence-electron chi connectivity index (χ1n) is 8.24. The highest BCUT2D eigenvalue weighted by Crippen LogP contribution is 2.22. The van der Waals surface area contributed by atoms with Gasteiger partial charge in [0.25, 0.3) is 5.91 Å². The SMILES string of the molecule is O=C(NC(=S)Nc1ccc(S(=O)(=O)N2CCCC2)cc1)c1ccccc1. The molecule has 0 aliphatic carbocycles. The minimum Gasteiger partial charge on any atom is -0.332 e. The molecule has 1 saturated heterocycles. The van der Waals surface area contributed by atoms with E-state index >= 15 is 0 Å². The van der Waals surface area contributed by atoms with E-state index in [1.807, 2.05) is 6.07 Å². The lowest BCUT2D eigenvalue weighted by molar-refractivity contribution is 0.0977. The van der Waals surface area contributed by atoms with E-state index < -0.39 is 10.0 Å². The van der Waals surface area contributed by atoms with Crippen LogP contribution in [0, 0.1) is 0 Å². The number of rotatable bonds is 4. The predicted molar refractivity (Wildman–Crippen MR) is 105 cm³/mol. The Morgan fingerprint density at radius 1 is 0.962 bits per heavy atom. The third-order valence-corrected chi connectivity index (χ3v) is 6.20. The van der Waals surface area contributed by atoms with Gasteiger partial charge in [0.05, 0.1) is 4.90 Å². The summed E-state index contributed by atoms with van der Waals surface area (Å²) in [6.45, 7) is 1.13. The van der Waals surface area contributed by atoms with E-state index in [-0.39, 0.29) is 15.9 Å². The first kappa shape index (κ1) is 18.5. The molecule has 1 fully saturated rings. The zero-order valence-corrected chi connectivity index (χ0v) is 15.6. The molecule has 1 amide bonds. The van der Waals surface area contributed by atoms with E-state index in [0.29, 0.717) is 24.3 Å². The number of sulfonamides is 1. The van der Waals surface area contributed by atoms with Crippen molar-refractivity contribution < 1.29 is 13.2 Å². The van der Waals surface area contributed by atoms with Crippen molar-refractivity contribution in [2.75, 3.05) is 18.4 Å². The van der Waals surface area contributed by atoms with Crippen LogP contribution < -0.4 is 10.6 Å². The molecule has 0 saturated carbocycles. The van der Waals surface area contributed by atoms with Gasteiger partial charge in [-0.15, -0.1) is 0 Å². The number of carbonyl (C=O) groups is 1. The molecule has 2 aromatic carbocycles. The van der Waals surface area contributed by atoms with Gasteiger partial charge in [-0.1, -0.05) is 18.2 Å². The molecule has 136 valence electrons. The first-order valence-corrected chi connectivity index (χ1v) is 10.1. The lowest BCUT2D eigenvalue weighted by atomic mass is 10.2. The Hall–Kier alpha value is -2.29. The number of carbonyl (C=O) groups excluding carboxylic acids is 1. The summed E-state index contributed by atoms with van der Waals surface area (Å²) >= 11 is 5.14. The third kappa shape index (κ3) is 4.27. The maximum Gasteiger partial charge on any atom is 0.257 e. The van der Waals surface area contributed by atoms with E-state index in [4.69, 9.17) is 12.2 Å². The van der Waals surface area contributed by atoms with E-state index in [1.165, 1.54) is 16.4 Å². The Bertz CT molecular complexity index is 891. The first-order chi connectivity index (χ1) is 12.5. The summed E-state index contributed by atoms with van der Waals surface area (Å²) < 4.78 is 26.5. The Labute approximate surface area is 158 Å². The lowest BCUT2D eigenvalue weighted by Crippen LogP contribution is -2.34. The minimum absolute atomic E-state index is 0.147. The highest BCUT2D eigenvalue weighted by atomic mass is 32.2. The Morgan fingerprint density at radius 2 is 1.58 bits per heavy atom. The van der Waals surface area contributed by atoms with Gasteiger partial charge in [-0.25, -0.2) is 8.42 Å². The minimum atomic E-state index is -3.44. The maximum absolute atomic E-state index is 12.5. The number of anilines is 1. The molecule has 2 N–H and O–H groups in total. The third-order valence-electron chi connectivity index (χ3n) is 4.08. The van der Waals surface area contributed by atoms with Crippen molar-refractivity contribution in [2.24, 2.45) is 0 Å². The molecule has 0 aromatic heterocycles. The molecule has 0 unspecified atom stereocenters. The second-order valence-corrected chi connectivity index (χ2v) is 8.26. The van der Waals surface area contributed by atoms with E-state index in [1.54, 1.807) is 36.4 Å². The van der Waals surface area contributed by atoms with Crippen LogP contribution in [0.2, 0.25) is 0 Å². The maximum atomic E-state index is 12.5. The average Bonchev–Trinajstić information content (AvgIpc) is 3.18. The van der Waals surface area contributed by atoms with Crippen LogP contribution >= 0.6 is 12.2 Å². The highest BCUT2D eigenvalue weighted by Gasteiger charge is 2.26. The summed E-state index contributed by atoms with van der Waals surface area (Å²) in [6, 6.07) is 15.1. The summed E-state index contributed by atoms with van der Waals surface area (Å²) in [5.41, 5.74) is 1.10. The number of hydrogen-bond acceptors (Lipinski definition) is 4. The van der Waals surface area contributed by atoms with Gasteiger partial charge >= 0.3 is 0 Å². The summed E-state index contributed by atoms with van der Waals surface area (Å²) in [4.78, 5) is 12.3. The zero-order chi connectivity index (χ0) is 18.6. The smallest absolute Gasteiger partial charge is 0.257 e. The van der Waals surface area contributed by atoms with Crippen LogP contribution in [0.3, 0.4) is 0 Å². The van der Waals surface area contributed by atoms with Crippen LogP contribution in [0.4, 0.5) is 5.69 Å². The standard InChI is InChI=1S/C18H19N3O3S2/c22-17(14-6-2-1-3-7-14)20-18(25)19-15-8-10-16(11-9-15)26(23,24)21-12-4-5-13-21/h1-3,6-11H,4-5,12-13H2,(H2,19,20,22,25). The van der Waals surface area contributed by atoms with Crippen molar-refractivity contribution >= 4 is 38.9 Å². The molecular formula is C18H19N3O3S2. The van der Waals surface area contributed by atoms with Crippen LogP contribution in [-0.4, -0.2) is 36.8 Å². The molecule has 0 atom stereocenters. The van der Waals surface area contributed by atoms with E-state index in [2.05, 4.69) is 10.6 Å². The number of amides is 1. The van der Waals surface area contributed by atoms with Crippen LogP contribution in [0.5, 0.6) is 0 Å². The van der Waals surface area contributed by atoms with Gasteiger partial charge in [-0.2, -0.15) is 4.31 Å². The van der Waals surface area contributed by atoms with E-state index in [0.717, 1.165) is 12.8 Å². The van der Waals surface area contributed by atoms with E-state index in [9.17, 15) is 13.2 Å². The van der Waals surface area contributed by atoms with Crippen molar-refractivity contribution in [3.05, 3.63) is 60.2 Å². The summed E-state index contributed by atoms with van der Waals surface area (Å²) in [5, 5.41) is 5.62. The molecule has 0 spiro atoms. The fourth-order valence-electron chi connectivity index (χ4n) is 2.71. The Morgan fingerprint density at radius 3 is 2.19 bits per heavy atom. The van der Waals surface area contributed by atoms with Gasteiger partial charge in [0, 0.05) is 24.3 Å². The monoisotopic (exact) mass is 389 g/mol. The van der Waals surface area contributed by atoms with Crippen LogP contribution in [0.15, 0.2) is 59.5 Å². The molecule has 8 heteroatoms. The molecule has 1 aliphatic rings. The molecule has 1 heterocycles.